The maximum atomic E-state index is 6.28. The van der Waals surface area contributed by atoms with Crippen LogP contribution in [0.4, 0.5) is 0 Å². The third kappa shape index (κ3) is 2.47. The van der Waals surface area contributed by atoms with Crippen LogP contribution < -0.4 is 0 Å². The Balaban J connectivity index is 2.10. The molecule has 2 nitrogen and oxygen atoms in total. The number of fused-ring (bicyclic) bond motifs is 1. The van der Waals surface area contributed by atoms with E-state index in [1.165, 1.54) is 12.8 Å². The van der Waals surface area contributed by atoms with Gasteiger partial charge < -0.3 is 0 Å². The quantitative estimate of drug-likeness (QED) is 0.716. The normalized spacial score (nSPS) is 14.3. The van der Waals surface area contributed by atoms with E-state index in [1.807, 2.05) is 25.1 Å². The van der Waals surface area contributed by atoms with E-state index in [0.29, 0.717) is 11.0 Å². The summed E-state index contributed by atoms with van der Waals surface area (Å²) in [6.45, 7) is 1.98. The van der Waals surface area contributed by atoms with E-state index in [9.17, 15) is 0 Å². The predicted molar refractivity (Wildman–Crippen MR) is 78.9 cm³/mol. The average Bonchev–Trinajstić information content (AvgIpc) is 2.42. The minimum atomic E-state index is 0.594. The Morgan fingerprint density at radius 3 is 2.63 bits per heavy atom. The summed E-state index contributed by atoms with van der Waals surface area (Å²) in [5, 5.41) is 1.33. The number of benzene rings is 1. The van der Waals surface area contributed by atoms with Crippen molar-refractivity contribution in [2.24, 2.45) is 0 Å². The van der Waals surface area contributed by atoms with Gasteiger partial charge in [0.1, 0.15) is 5.15 Å². The van der Waals surface area contributed by atoms with Gasteiger partial charge >= 0.3 is 0 Å². The van der Waals surface area contributed by atoms with Crippen molar-refractivity contribution < 1.29 is 0 Å². The maximum Gasteiger partial charge on any atom is 0.161 e. The second-order valence-corrected chi connectivity index (χ2v) is 5.70. The van der Waals surface area contributed by atoms with Gasteiger partial charge in [-0.15, -0.1) is 0 Å². The molecule has 1 aliphatic carbocycles. The summed E-state index contributed by atoms with van der Waals surface area (Å²) in [6, 6.07) is 5.87. The van der Waals surface area contributed by atoms with Crippen molar-refractivity contribution in [3.63, 3.8) is 0 Å². The van der Waals surface area contributed by atoms with Crippen molar-refractivity contribution in [1.29, 1.82) is 0 Å². The fourth-order valence-corrected chi connectivity index (χ4v) is 2.87. The summed E-state index contributed by atoms with van der Waals surface area (Å²) < 4.78 is 0. The molecule has 98 valence electrons. The first-order valence-electron chi connectivity index (χ1n) is 6.47. The molecule has 0 bridgehead atoms. The van der Waals surface area contributed by atoms with Crippen molar-refractivity contribution in [3.8, 4) is 11.4 Å². The van der Waals surface area contributed by atoms with Gasteiger partial charge in [0.05, 0.1) is 0 Å². The Morgan fingerprint density at radius 1 is 1.05 bits per heavy atom. The Kier molecular flexibility index (Phi) is 3.46. The second-order valence-electron chi connectivity index (χ2n) is 4.93. The van der Waals surface area contributed by atoms with E-state index >= 15 is 0 Å². The van der Waals surface area contributed by atoms with Gasteiger partial charge in [-0.05, 0) is 44.2 Å². The van der Waals surface area contributed by atoms with Crippen LogP contribution >= 0.6 is 23.2 Å². The molecule has 1 aromatic heterocycles. The molecule has 2 aromatic rings. The lowest BCUT2D eigenvalue weighted by molar-refractivity contribution is 0.663. The highest BCUT2D eigenvalue weighted by atomic mass is 35.5. The number of nitrogens with zero attached hydrogens (tertiary/aromatic N) is 2. The van der Waals surface area contributed by atoms with Crippen LogP contribution in [0.15, 0.2) is 18.2 Å². The first-order valence-corrected chi connectivity index (χ1v) is 7.22. The molecule has 0 atom stereocenters. The highest BCUT2D eigenvalue weighted by Crippen LogP contribution is 2.29. The molecule has 0 amide bonds. The summed E-state index contributed by atoms with van der Waals surface area (Å²) in [7, 11) is 0. The lowest BCUT2D eigenvalue weighted by Gasteiger charge is -2.16. The summed E-state index contributed by atoms with van der Waals surface area (Å²) in [6.07, 6.45) is 4.33. The molecule has 0 N–H and O–H groups in total. The van der Waals surface area contributed by atoms with Crippen LogP contribution in [-0.4, -0.2) is 9.97 Å². The van der Waals surface area contributed by atoms with Gasteiger partial charge in [-0.2, -0.15) is 0 Å². The SMILES string of the molecule is Cc1ccc(-c2nc(Cl)c3c(n2)CCCC3)cc1Cl. The monoisotopic (exact) mass is 292 g/mol. The standard InChI is InChI=1S/C15H14Cl2N2/c1-9-6-7-10(8-12(9)16)15-18-13-5-3-2-4-11(13)14(17)19-15/h6-8H,2-5H2,1H3. The number of hydrogen-bond donors (Lipinski definition) is 0. The Morgan fingerprint density at radius 2 is 1.84 bits per heavy atom. The number of rotatable bonds is 1. The van der Waals surface area contributed by atoms with Crippen molar-refractivity contribution in [3.05, 3.63) is 45.2 Å². The molecule has 0 saturated carbocycles. The van der Waals surface area contributed by atoms with Crippen molar-refractivity contribution in [2.45, 2.75) is 32.6 Å². The summed E-state index contributed by atoms with van der Waals surface area (Å²) in [5.74, 6) is 0.674. The van der Waals surface area contributed by atoms with Crippen LogP contribution in [0.5, 0.6) is 0 Å². The molecule has 4 heteroatoms. The molecule has 1 aliphatic rings. The maximum absolute atomic E-state index is 6.28. The van der Waals surface area contributed by atoms with E-state index in [-0.39, 0.29) is 0 Å². The van der Waals surface area contributed by atoms with Crippen LogP contribution in [0.2, 0.25) is 10.2 Å². The highest BCUT2D eigenvalue weighted by Gasteiger charge is 2.17. The topological polar surface area (TPSA) is 25.8 Å². The van der Waals surface area contributed by atoms with Gasteiger partial charge in [0.25, 0.3) is 0 Å². The third-order valence-corrected chi connectivity index (χ3v) is 4.28. The summed E-state index contributed by atoms with van der Waals surface area (Å²) in [4.78, 5) is 9.08. The van der Waals surface area contributed by atoms with Crippen LogP contribution in [-0.2, 0) is 12.8 Å². The molecular formula is C15H14Cl2N2. The van der Waals surface area contributed by atoms with E-state index in [0.717, 1.165) is 40.2 Å². The van der Waals surface area contributed by atoms with Gasteiger partial charge in [0, 0.05) is 21.8 Å². The van der Waals surface area contributed by atoms with E-state index in [1.54, 1.807) is 0 Å². The first-order chi connectivity index (χ1) is 9.15. The summed E-state index contributed by atoms with van der Waals surface area (Å²) >= 11 is 12.4. The lowest BCUT2D eigenvalue weighted by Crippen LogP contribution is -2.08. The zero-order valence-electron chi connectivity index (χ0n) is 10.7. The molecule has 0 aliphatic heterocycles. The predicted octanol–water partition coefficient (Wildman–Crippen LogP) is 4.64. The van der Waals surface area contributed by atoms with Gasteiger partial charge in [-0.1, -0.05) is 35.3 Å². The van der Waals surface area contributed by atoms with Gasteiger partial charge in [0.15, 0.2) is 5.82 Å². The minimum absolute atomic E-state index is 0.594. The van der Waals surface area contributed by atoms with Gasteiger partial charge in [0.2, 0.25) is 0 Å². The molecule has 3 rings (SSSR count). The molecule has 0 unspecified atom stereocenters. The Labute approximate surface area is 122 Å². The van der Waals surface area contributed by atoms with E-state index in [2.05, 4.69) is 9.97 Å². The molecule has 0 fully saturated rings. The van der Waals surface area contributed by atoms with E-state index < -0.39 is 0 Å². The molecule has 0 radical (unpaired) electrons. The highest BCUT2D eigenvalue weighted by molar-refractivity contribution is 6.31. The molecular weight excluding hydrogens is 279 g/mol. The van der Waals surface area contributed by atoms with Crippen LogP contribution in [0, 0.1) is 6.92 Å². The van der Waals surface area contributed by atoms with Gasteiger partial charge in [-0.25, -0.2) is 9.97 Å². The summed E-state index contributed by atoms with van der Waals surface area (Å²) in [5.41, 5.74) is 4.19. The van der Waals surface area contributed by atoms with Crippen molar-refractivity contribution in [1.82, 2.24) is 9.97 Å². The molecule has 0 spiro atoms. The average molecular weight is 293 g/mol. The molecule has 0 saturated heterocycles. The van der Waals surface area contributed by atoms with E-state index in [4.69, 9.17) is 23.2 Å². The first kappa shape index (κ1) is 12.9. The second kappa shape index (κ2) is 5.10. The minimum Gasteiger partial charge on any atom is -0.233 e. The van der Waals surface area contributed by atoms with Crippen LogP contribution in [0.1, 0.15) is 29.7 Å². The number of aromatic nitrogens is 2. The van der Waals surface area contributed by atoms with Crippen LogP contribution in [0.25, 0.3) is 11.4 Å². The third-order valence-electron chi connectivity index (χ3n) is 3.56. The number of aryl methyl sites for hydroxylation is 2. The zero-order chi connectivity index (χ0) is 13.4. The Hall–Kier alpha value is -1.12. The largest absolute Gasteiger partial charge is 0.233 e. The zero-order valence-corrected chi connectivity index (χ0v) is 12.2. The fourth-order valence-electron chi connectivity index (χ4n) is 2.41. The molecule has 1 aromatic carbocycles. The molecule has 1 heterocycles. The lowest BCUT2D eigenvalue weighted by atomic mass is 9.97. The number of halogens is 2. The number of hydrogen-bond acceptors (Lipinski definition) is 2. The van der Waals surface area contributed by atoms with Crippen molar-refractivity contribution in [2.75, 3.05) is 0 Å². The van der Waals surface area contributed by atoms with Crippen LogP contribution in [0.3, 0.4) is 0 Å². The smallest absolute Gasteiger partial charge is 0.161 e. The van der Waals surface area contributed by atoms with Crippen molar-refractivity contribution >= 4 is 23.2 Å². The van der Waals surface area contributed by atoms with Gasteiger partial charge in [-0.3, -0.25) is 0 Å². The fraction of sp³-hybridized carbons (Fsp3) is 0.333. The Bertz CT molecular complexity index is 638. The molecule has 19 heavy (non-hydrogen) atoms.